The summed E-state index contributed by atoms with van der Waals surface area (Å²) in [6, 6.07) is 3.08. The lowest BCUT2D eigenvalue weighted by atomic mass is 9.92. The predicted molar refractivity (Wildman–Crippen MR) is 109 cm³/mol. The minimum atomic E-state index is -1.28. The van der Waals surface area contributed by atoms with Gasteiger partial charge in [0.15, 0.2) is 11.5 Å². The molecule has 0 spiro atoms. The van der Waals surface area contributed by atoms with Gasteiger partial charge >= 0.3 is 5.97 Å². The average molecular weight is 418 g/mol. The van der Waals surface area contributed by atoms with Gasteiger partial charge in [0, 0.05) is 38.8 Å². The Balaban J connectivity index is 2.17. The second-order valence-corrected chi connectivity index (χ2v) is 7.35. The van der Waals surface area contributed by atoms with E-state index in [0.717, 1.165) is 0 Å². The number of hydrogen-bond donors (Lipinski definition) is 1. The molecule has 162 valence electrons. The Morgan fingerprint density at radius 3 is 2.63 bits per heavy atom. The molecule has 3 rings (SSSR count). The molecule has 0 saturated carbocycles. The van der Waals surface area contributed by atoms with Crippen molar-refractivity contribution in [1.29, 1.82) is 0 Å². The van der Waals surface area contributed by atoms with Gasteiger partial charge in [0.25, 0.3) is 11.4 Å². The Morgan fingerprint density at radius 2 is 2.03 bits per heavy atom. The highest BCUT2D eigenvalue weighted by molar-refractivity contribution is 5.88. The Labute approximate surface area is 174 Å². The van der Waals surface area contributed by atoms with E-state index in [1.165, 1.54) is 24.8 Å². The van der Waals surface area contributed by atoms with E-state index in [1.807, 2.05) is 13.8 Å². The van der Waals surface area contributed by atoms with Gasteiger partial charge < -0.3 is 28.6 Å². The third-order valence-electron chi connectivity index (χ3n) is 4.93. The van der Waals surface area contributed by atoms with Crippen LogP contribution in [0.15, 0.2) is 16.9 Å². The summed E-state index contributed by atoms with van der Waals surface area (Å²) in [6.45, 7) is 4.90. The highest BCUT2D eigenvalue weighted by atomic mass is 16.5. The standard InChI is InChI=1S/C21H26N2O7/c1-11(2)18-12-9-13(21(25)26)20(24)23(3)17(12)16-14(30-18)10-15(19(22-16)28-5)29-8-6-7-27-4/h9-11,18H,6-8H2,1-5H3,(H,25,26). The lowest BCUT2D eigenvalue weighted by Gasteiger charge is -2.32. The molecule has 1 N–H and O–H groups in total. The van der Waals surface area contributed by atoms with Crippen molar-refractivity contribution < 1.29 is 28.8 Å². The summed E-state index contributed by atoms with van der Waals surface area (Å²) < 4.78 is 23.7. The monoisotopic (exact) mass is 418 g/mol. The van der Waals surface area contributed by atoms with Crippen LogP contribution in [0.25, 0.3) is 11.4 Å². The Morgan fingerprint density at radius 1 is 1.30 bits per heavy atom. The number of carboxylic acid groups (broad SMARTS) is 1. The molecule has 0 aliphatic carbocycles. The number of aromatic carboxylic acids is 1. The van der Waals surface area contributed by atoms with Gasteiger partial charge in [-0.05, 0) is 12.0 Å². The van der Waals surface area contributed by atoms with Gasteiger partial charge in [0.2, 0.25) is 0 Å². The molecule has 2 aromatic rings. The van der Waals surface area contributed by atoms with E-state index in [9.17, 15) is 14.7 Å². The van der Waals surface area contributed by atoms with E-state index >= 15 is 0 Å². The van der Waals surface area contributed by atoms with Crippen LogP contribution in [0.2, 0.25) is 0 Å². The molecule has 1 aliphatic heterocycles. The molecule has 2 aromatic heterocycles. The summed E-state index contributed by atoms with van der Waals surface area (Å²) in [6.07, 6.45) is 0.246. The van der Waals surface area contributed by atoms with Crippen LogP contribution in [0.3, 0.4) is 0 Å². The fourth-order valence-corrected chi connectivity index (χ4v) is 3.48. The lowest BCUT2D eigenvalue weighted by Crippen LogP contribution is -2.31. The molecule has 0 bridgehead atoms. The summed E-state index contributed by atoms with van der Waals surface area (Å²) >= 11 is 0. The quantitative estimate of drug-likeness (QED) is 0.652. The van der Waals surface area contributed by atoms with Gasteiger partial charge in [0.05, 0.1) is 19.4 Å². The predicted octanol–water partition coefficient (Wildman–Crippen LogP) is 2.66. The fourth-order valence-electron chi connectivity index (χ4n) is 3.48. The van der Waals surface area contributed by atoms with Gasteiger partial charge in [-0.1, -0.05) is 13.8 Å². The first-order valence-electron chi connectivity index (χ1n) is 9.65. The molecule has 0 fully saturated rings. The smallest absolute Gasteiger partial charge is 0.341 e. The summed E-state index contributed by atoms with van der Waals surface area (Å²) in [5, 5.41) is 9.44. The second kappa shape index (κ2) is 8.74. The van der Waals surface area contributed by atoms with E-state index in [1.54, 1.807) is 13.2 Å². The van der Waals surface area contributed by atoms with E-state index in [0.29, 0.717) is 48.1 Å². The van der Waals surface area contributed by atoms with Crippen LogP contribution in [0.4, 0.5) is 0 Å². The van der Waals surface area contributed by atoms with Crippen molar-refractivity contribution in [3.8, 4) is 28.8 Å². The first kappa shape index (κ1) is 21.6. The maximum absolute atomic E-state index is 12.6. The number of hydrogen-bond acceptors (Lipinski definition) is 7. The van der Waals surface area contributed by atoms with Crippen molar-refractivity contribution in [1.82, 2.24) is 9.55 Å². The van der Waals surface area contributed by atoms with Crippen molar-refractivity contribution >= 4 is 5.97 Å². The summed E-state index contributed by atoms with van der Waals surface area (Å²) in [4.78, 5) is 28.7. The highest BCUT2D eigenvalue weighted by Gasteiger charge is 2.34. The van der Waals surface area contributed by atoms with Crippen molar-refractivity contribution in [2.75, 3.05) is 27.4 Å². The molecule has 1 aliphatic rings. The van der Waals surface area contributed by atoms with Crippen molar-refractivity contribution in [3.63, 3.8) is 0 Å². The minimum Gasteiger partial charge on any atom is -0.488 e. The summed E-state index contributed by atoms with van der Waals surface area (Å²) in [5.41, 5.74) is 0.588. The number of rotatable bonds is 8. The van der Waals surface area contributed by atoms with Crippen LogP contribution < -0.4 is 19.8 Å². The van der Waals surface area contributed by atoms with Gasteiger partial charge in [-0.25, -0.2) is 9.78 Å². The number of ether oxygens (including phenoxy) is 4. The Kier molecular flexibility index (Phi) is 6.31. The Hall–Kier alpha value is -3.07. The second-order valence-electron chi connectivity index (χ2n) is 7.35. The van der Waals surface area contributed by atoms with Crippen LogP contribution in [-0.2, 0) is 11.8 Å². The zero-order chi connectivity index (χ0) is 22.0. The highest BCUT2D eigenvalue weighted by Crippen LogP contribution is 2.46. The van der Waals surface area contributed by atoms with Gasteiger partial charge in [-0.2, -0.15) is 0 Å². The van der Waals surface area contributed by atoms with E-state index < -0.39 is 17.6 Å². The van der Waals surface area contributed by atoms with Crippen molar-refractivity contribution in [2.45, 2.75) is 26.4 Å². The van der Waals surface area contributed by atoms with Crippen LogP contribution in [0.5, 0.6) is 17.4 Å². The third kappa shape index (κ3) is 3.85. The maximum atomic E-state index is 12.6. The molecule has 30 heavy (non-hydrogen) atoms. The molecular weight excluding hydrogens is 392 g/mol. The molecule has 0 radical (unpaired) electrons. The molecule has 1 atom stereocenters. The van der Waals surface area contributed by atoms with Crippen molar-refractivity contribution in [3.05, 3.63) is 33.6 Å². The van der Waals surface area contributed by atoms with Crippen LogP contribution >= 0.6 is 0 Å². The van der Waals surface area contributed by atoms with Gasteiger partial charge in [-0.3, -0.25) is 4.79 Å². The molecule has 3 heterocycles. The first-order chi connectivity index (χ1) is 14.3. The number of fused-ring (bicyclic) bond motifs is 3. The zero-order valence-corrected chi connectivity index (χ0v) is 17.7. The van der Waals surface area contributed by atoms with E-state index in [-0.39, 0.29) is 17.4 Å². The maximum Gasteiger partial charge on any atom is 0.341 e. The molecule has 0 amide bonds. The number of carbonyl (C=O) groups is 1. The first-order valence-corrected chi connectivity index (χ1v) is 9.65. The lowest BCUT2D eigenvalue weighted by molar-refractivity contribution is 0.0693. The fraction of sp³-hybridized carbons (Fsp3) is 0.476. The summed E-state index contributed by atoms with van der Waals surface area (Å²) in [5.74, 6) is -0.146. The number of methoxy groups -OCH3 is 2. The Bertz CT molecular complexity index is 1010. The normalized spacial score (nSPS) is 14.7. The summed E-state index contributed by atoms with van der Waals surface area (Å²) in [7, 11) is 4.63. The van der Waals surface area contributed by atoms with Crippen LogP contribution in [0, 0.1) is 5.92 Å². The molecular formula is C21H26N2O7. The van der Waals surface area contributed by atoms with Crippen LogP contribution in [-0.4, -0.2) is 48.1 Å². The third-order valence-corrected chi connectivity index (χ3v) is 4.93. The molecule has 9 nitrogen and oxygen atoms in total. The van der Waals surface area contributed by atoms with Crippen molar-refractivity contribution in [2.24, 2.45) is 13.0 Å². The number of aromatic nitrogens is 2. The van der Waals surface area contributed by atoms with Crippen LogP contribution in [0.1, 0.15) is 42.3 Å². The number of nitrogens with zero attached hydrogens (tertiary/aromatic N) is 2. The zero-order valence-electron chi connectivity index (χ0n) is 17.7. The number of carboxylic acids is 1. The molecule has 9 heteroatoms. The SMILES string of the molecule is COCCCOc1cc2c(nc1OC)-c1c(cc(C(=O)O)c(=O)n1C)C(C(C)C)O2. The topological polar surface area (TPSA) is 109 Å². The average Bonchev–Trinajstić information content (AvgIpc) is 2.71. The van der Waals surface area contributed by atoms with E-state index in [4.69, 9.17) is 18.9 Å². The molecule has 0 aromatic carbocycles. The number of pyridine rings is 2. The van der Waals surface area contributed by atoms with Gasteiger partial charge in [0.1, 0.15) is 17.4 Å². The molecule has 0 saturated heterocycles. The van der Waals surface area contributed by atoms with E-state index in [2.05, 4.69) is 4.98 Å². The largest absolute Gasteiger partial charge is 0.488 e. The molecule has 1 unspecified atom stereocenters. The van der Waals surface area contributed by atoms with Gasteiger partial charge in [-0.15, -0.1) is 0 Å². The minimum absolute atomic E-state index is 0.0178.